The zero-order valence-corrected chi connectivity index (χ0v) is 12.5. The largest absolute Gasteiger partial charge is 0.384 e. The molecule has 3 heteroatoms. The van der Waals surface area contributed by atoms with E-state index in [-0.39, 0.29) is 20.1 Å². The van der Waals surface area contributed by atoms with Crippen LogP contribution in [0.4, 0.5) is 5.82 Å². The van der Waals surface area contributed by atoms with Crippen molar-refractivity contribution >= 4 is 16.6 Å². The summed E-state index contributed by atoms with van der Waals surface area (Å²) in [5.41, 5.74) is 10.6. The van der Waals surface area contributed by atoms with Crippen LogP contribution in [0, 0.1) is 6.07 Å². The Kier molecular flexibility index (Phi) is 2.89. The van der Waals surface area contributed by atoms with Gasteiger partial charge in [-0.25, -0.2) is 0 Å². The fourth-order valence-electron chi connectivity index (χ4n) is 2.78. The zero-order valence-electron chi connectivity index (χ0n) is 10.1. The third kappa shape index (κ3) is 1.78. The maximum Gasteiger partial charge on any atom is 0.114 e. The fourth-order valence-corrected chi connectivity index (χ4v) is 2.78. The van der Waals surface area contributed by atoms with E-state index in [1.54, 1.807) is 0 Å². The standard InChI is InChI=1S/C16H11N2.Ir/c17-14-9-12-6-3-5-11-8-10-4-1-2-7-13(10)16(18-14)15(11)12;/h1-6,9H,8H2,(H2,17,18);/q-1;. The van der Waals surface area contributed by atoms with Crippen molar-refractivity contribution in [3.63, 3.8) is 0 Å². The second kappa shape index (κ2) is 4.44. The van der Waals surface area contributed by atoms with Gasteiger partial charge in [0.1, 0.15) is 5.82 Å². The predicted octanol–water partition coefficient (Wildman–Crippen LogP) is 3.19. The predicted molar refractivity (Wildman–Crippen MR) is 73.2 cm³/mol. The number of nitrogens with two attached hydrogens (primary N) is 1. The van der Waals surface area contributed by atoms with Gasteiger partial charge in [-0.1, -0.05) is 23.8 Å². The van der Waals surface area contributed by atoms with Gasteiger partial charge in [0.05, 0.1) is 0 Å². The van der Waals surface area contributed by atoms with Crippen molar-refractivity contribution in [3.05, 3.63) is 59.7 Å². The maximum atomic E-state index is 5.91. The van der Waals surface area contributed by atoms with Gasteiger partial charge in [0.15, 0.2) is 0 Å². The molecule has 0 spiro atoms. The van der Waals surface area contributed by atoms with E-state index >= 15 is 0 Å². The molecule has 0 aliphatic heterocycles. The SMILES string of the molecule is Nc1cc2cccc3c2c(n1)-c1[c-]cccc1C3.[Ir]. The molecule has 0 saturated heterocycles. The zero-order chi connectivity index (χ0) is 12.1. The summed E-state index contributed by atoms with van der Waals surface area (Å²) in [4.78, 5) is 4.52. The van der Waals surface area contributed by atoms with E-state index in [1.807, 2.05) is 18.2 Å². The van der Waals surface area contributed by atoms with Crippen LogP contribution in [-0.4, -0.2) is 4.98 Å². The summed E-state index contributed by atoms with van der Waals surface area (Å²) in [6.07, 6.45) is 0.947. The quantitative estimate of drug-likeness (QED) is 0.441. The Balaban J connectivity index is 0.00000110. The Bertz CT molecular complexity index is 781. The molecular weight excluding hydrogens is 412 g/mol. The number of pyridine rings is 1. The Morgan fingerprint density at radius 1 is 1.11 bits per heavy atom. The van der Waals surface area contributed by atoms with Gasteiger partial charge in [0.25, 0.3) is 0 Å². The molecule has 1 aromatic heterocycles. The molecule has 0 saturated carbocycles. The van der Waals surface area contributed by atoms with Crippen molar-refractivity contribution in [1.29, 1.82) is 0 Å². The maximum absolute atomic E-state index is 5.91. The summed E-state index contributed by atoms with van der Waals surface area (Å²) < 4.78 is 0. The summed E-state index contributed by atoms with van der Waals surface area (Å²) in [7, 11) is 0. The third-order valence-corrected chi connectivity index (χ3v) is 3.52. The van der Waals surface area contributed by atoms with E-state index in [0.29, 0.717) is 5.82 Å². The summed E-state index contributed by atoms with van der Waals surface area (Å²) in [6, 6.07) is 17.7. The van der Waals surface area contributed by atoms with Gasteiger partial charge in [-0.2, -0.15) is 0 Å². The fraction of sp³-hybridized carbons (Fsp3) is 0.0625. The molecule has 19 heavy (non-hydrogen) atoms. The molecule has 0 unspecified atom stereocenters. The van der Waals surface area contributed by atoms with Gasteiger partial charge in [-0.15, -0.1) is 35.4 Å². The van der Waals surface area contributed by atoms with Crippen molar-refractivity contribution in [3.8, 4) is 11.3 Å². The van der Waals surface area contributed by atoms with Gasteiger partial charge in [0, 0.05) is 20.1 Å². The molecule has 1 aliphatic carbocycles. The van der Waals surface area contributed by atoms with Gasteiger partial charge in [-0.3, -0.25) is 4.98 Å². The van der Waals surface area contributed by atoms with Crippen LogP contribution in [0.5, 0.6) is 0 Å². The molecule has 0 fully saturated rings. The summed E-state index contributed by atoms with van der Waals surface area (Å²) >= 11 is 0. The Hall–Kier alpha value is -1.70. The minimum absolute atomic E-state index is 0. The first-order valence-electron chi connectivity index (χ1n) is 6.01. The van der Waals surface area contributed by atoms with E-state index in [1.165, 1.54) is 16.5 Å². The molecule has 1 heterocycles. The Morgan fingerprint density at radius 2 is 1.95 bits per heavy atom. The monoisotopic (exact) mass is 424 g/mol. The number of fused-ring (bicyclic) bond motifs is 2. The molecule has 2 nitrogen and oxygen atoms in total. The first kappa shape index (κ1) is 12.3. The van der Waals surface area contributed by atoms with Crippen LogP contribution in [0.15, 0.2) is 42.5 Å². The number of anilines is 1. The number of nitrogen functional groups attached to an aromatic ring is 1. The van der Waals surface area contributed by atoms with Gasteiger partial charge >= 0.3 is 0 Å². The molecule has 1 aliphatic rings. The molecule has 1 radical (unpaired) electrons. The minimum Gasteiger partial charge on any atom is -0.384 e. The number of nitrogens with zero attached hydrogens (tertiary/aromatic N) is 1. The average molecular weight is 423 g/mol. The second-order valence-electron chi connectivity index (χ2n) is 4.66. The van der Waals surface area contributed by atoms with Crippen LogP contribution >= 0.6 is 0 Å². The molecule has 4 rings (SSSR count). The van der Waals surface area contributed by atoms with Gasteiger partial charge in [0.2, 0.25) is 0 Å². The van der Waals surface area contributed by atoms with Crippen LogP contribution in [-0.2, 0) is 26.5 Å². The normalized spacial score (nSPS) is 11.8. The summed E-state index contributed by atoms with van der Waals surface area (Å²) in [5, 5.41) is 2.39. The van der Waals surface area contributed by atoms with Crippen LogP contribution in [0.3, 0.4) is 0 Å². The Labute approximate surface area is 125 Å². The molecule has 0 atom stereocenters. The van der Waals surface area contributed by atoms with E-state index < -0.39 is 0 Å². The topological polar surface area (TPSA) is 38.9 Å². The summed E-state index contributed by atoms with van der Waals surface area (Å²) in [5.74, 6) is 0.569. The van der Waals surface area contributed by atoms with Gasteiger partial charge < -0.3 is 5.73 Å². The number of rotatable bonds is 0. The first-order valence-corrected chi connectivity index (χ1v) is 6.01. The van der Waals surface area contributed by atoms with Crippen molar-refractivity contribution in [2.24, 2.45) is 0 Å². The first-order chi connectivity index (χ1) is 8.83. The van der Waals surface area contributed by atoms with Gasteiger partial charge in [-0.05, 0) is 29.0 Å². The van der Waals surface area contributed by atoms with Crippen LogP contribution in [0.25, 0.3) is 22.0 Å². The molecule has 0 bridgehead atoms. The molecule has 2 aromatic carbocycles. The van der Waals surface area contributed by atoms with Crippen molar-refractivity contribution in [2.45, 2.75) is 6.42 Å². The third-order valence-electron chi connectivity index (χ3n) is 3.52. The summed E-state index contributed by atoms with van der Waals surface area (Å²) in [6.45, 7) is 0. The Morgan fingerprint density at radius 3 is 2.84 bits per heavy atom. The van der Waals surface area contributed by atoms with E-state index in [4.69, 9.17) is 5.73 Å². The van der Waals surface area contributed by atoms with E-state index in [0.717, 1.165) is 23.1 Å². The molecule has 0 amide bonds. The smallest absolute Gasteiger partial charge is 0.114 e. The molecular formula is C16H11IrN2-. The van der Waals surface area contributed by atoms with Crippen LogP contribution in [0.1, 0.15) is 11.1 Å². The molecule has 2 N–H and O–H groups in total. The number of aromatic nitrogens is 1. The van der Waals surface area contributed by atoms with Crippen LogP contribution < -0.4 is 5.73 Å². The van der Waals surface area contributed by atoms with E-state index in [9.17, 15) is 0 Å². The van der Waals surface area contributed by atoms with Crippen molar-refractivity contribution < 1.29 is 20.1 Å². The van der Waals surface area contributed by atoms with Crippen molar-refractivity contribution in [1.82, 2.24) is 4.98 Å². The van der Waals surface area contributed by atoms with Crippen LogP contribution in [0.2, 0.25) is 0 Å². The molecule has 95 valence electrons. The number of hydrogen-bond acceptors (Lipinski definition) is 2. The van der Waals surface area contributed by atoms with Crippen molar-refractivity contribution in [2.75, 3.05) is 5.73 Å². The average Bonchev–Trinajstić information content (AvgIpc) is 2.38. The molecule has 3 aromatic rings. The number of hydrogen-bond donors (Lipinski definition) is 1. The minimum atomic E-state index is 0. The van der Waals surface area contributed by atoms with E-state index in [2.05, 4.69) is 35.3 Å². The second-order valence-corrected chi connectivity index (χ2v) is 4.66. The number of benzene rings is 2.